The summed E-state index contributed by atoms with van der Waals surface area (Å²) in [4.78, 5) is 16.1. The van der Waals surface area contributed by atoms with Gasteiger partial charge in [0.2, 0.25) is 0 Å². The van der Waals surface area contributed by atoms with Crippen LogP contribution in [0, 0.1) is 0 Å². The fourth-order valence-electron chi connectivity index (χ4n) is 3.31. The Labute approximate surface area is 173 Å². The summed E-state index contributed by atoms with van der Waals surface area (Å²) in [7, 11) is 0. The third-order valence-electron chi connectivity index (χ3n) is 4.99. The standard InChI is InChI=1S/C24H23NO3S/c1-24(2,3)21-14-29-22(25-21)20-13-17-12-15(9-11-19(17)28-20)8-10-16-6-4-5-7-18(16)23(26)27/h4-7,9,11-14H,8,10H2,1-3H3,(H,26,27). The van der Waals surface area contributed by atoms with E-state index in [1.807, 2.05) is 30.3 Å². The van der Waals surface area contributed by atoms with Gasteiger partial charge in [-0.1, -0.05) is 45.0 Å². The second kappa shape index (κ2) is 7.48. The SMILES string of the molecule is CC(C)(C)c1csc(-c2cc3cc(CCc4ccccc4C(=O)O)ccc3o2)n1. The summed E-state index contributed by atoms with van der Waals surface area (Å²) in [6, 6.07) is 15.4. The lowest BCUT2D eigenvalue weighted by atomic mass is 9.93. The topological polar surface area (TPSA) is 63.3 Å². The van der Waals surface area contributed by atoms with Crippen molar-refractivity contribution in [3.63, 3.8) is 0 Å². The average Bonchev–Trinajstić information content (AvgIpc) is 3.32. The molecule has 4 rings (SSSR count). The van der Waals surface area contributed by atoms with E-state index in [9.17, 15) is 9.90 Å². The molecule has 0 bridgehead atoms. The van der Waals surface area contributed by atoms with Crippen LogP contribution in [0.5, 0.6) is 0 Å². The van der Waals surface area contributed by atoms with E-state index in [0.29, 0.717) is 12.0 Å². The van der Waals surface area contributed by atoms with Crippen molar-refractivity contribution in [3.05, 3.63) is 76.3 Å². The van der Waals surface area contributed by atoms with Crippen molar-refractivity contribution in [2.45, 2.75) is 39.0 Å². The number of rotatable bonds is 5. The monoisotopic (exact) mass is 405 g/mol. The van der Waals surface area contributed by atoms with E-state index >= 15 is 0 Å². The molecular weight excluding hydrogens is 382 g/mol. The molecule has 2 aromatic carbocycles. The Morgan fingerprint density at radius 3 is 2.62 bits per heavy atom. The van der Waals surface area contributed by atoms with Crippen molar-refractivity contribution >= 4 is 28.3 Å². The highest BCUT2D eigenvalue weighted by atomic mass is 32.1. The number of furan rings is 1. The minimum absolute atomic E-state index is 0.0141. The largest absolute Gasteiger partial charge is 0.478 e. The van der Waals surface area contributed by atoms with Gasteiger partial charge in [0.1, 0.15) is 5.58 Å². The number of aromatic carboxylic acids is 1. The van der Waals surface area contributed by atoms with E-state index in [2.05, 4.69) is 32.2 Å². The number of carboxylic acid groups (broad SMARTS) is 1. The van der Waals surface area contributed by atoms with Crippen LogP contribution in [-0.4, -0.2) is 16.1 Å². The second-order valence-corrected chi connectivity index (χ2v) is 9.09. The number of hydrogen-bond acceptors (Lipinski definition) is 4. The van der Waals surface area contributed by atoms with Crippen molar-refractivity contribution in [2.75, 3.05) is 0 Å². The zero-order chi connectivity index (χ0) is 20.6. The highest BCUT2D eigenvalue weighted by molar-refractivity contribution is 7.13. The fourth-order valence-corrected chi connectivity index (χ4v) is 4.31. The first-order valence-corrected chi connectivity index (χ1v) is 10.5. The molecule has 1 N–H and O–H groups in total. The Hall–Kier alpha value is -2.92. The molecule has 0 aliphatic rings. The van der Waals surface area contributed by atoms with E-state index < -0.39 is 5.97 Å². The molecule has 29 heavy (non-hydrogen) atoms. The maximum absolute atomic E-state index is 11.4. The molecule has 0 saturated carbocycles. The molecule has 5 heteroatoms. The quantitative estimate of drug-likeness (QED) is 0.421. The number of nitrogens with zero attached hydrogens (tertiary/aromatic N) is 1. The maximum Gasteiger partial charge on any atom is 0.335 e. The molecule has 4 nitrogen and oxygen atoms in total. The van der Waals surface area contributed by atoms with Crippen molar-refractivity contribution in [2.24, 2.45) is 0 Å². The van der Waals surface area contributed by atoms with E-state index in [1.165, 1.54) is 0 Å². The van der Waals surface area contributed by atoms with E-state index in [0.717, 1.165) is 45.0 Å². The van der Waals surface area contributed by atoms with Crippen LogP contribution in [0.3, 0.4) is 0 Å². The molecule has 0 spiro atoms. The van der Waals surface area contributed by atoms with Crippen molar-refractivity contribution in [1.82, 2.24) is 4.98 Å². The summed E-state index contributed by atoms with van der Waals surface area (Å²) in [5.74, 6) is -0.0949. The van der Waals surface area contributed by atoms with Crippen LogP contribution in [0.15, 0.2) is 58.3 Å². The lowest BCUT2D eigenvalue weighted by Crippen LogP contribution is -2.11. The van der Waals surface area contributed by atoms with Crippen LogP contribution in [0.2, 0.25) is 0 Å². The maximum atomic E-state index is 11.4. The predicted molar refractivity (Wildman–Crippen MR) is 117 cm³/mol. The predicted octanol–water partition coefficient (Wildman–Crippen LogP) is 6.34. The first-order valence-electron chi connectivity index (χ1n) is 9.61. The summed E-state index contributed by atoms with van der Waals surface area (Å²) in [6.45, 7) is 6.46. The smallest absolute Gasteiger partial charge is 0.335 e. The minimum atomic E-state index is -0.881. The molecule has 4 aromatic rings. The lowest BCUT2D eigenvalue weighted by molar-refractivity contribution is 0.0695. The Kier molecular flexibility index (Phi) is 5.01. The number of carboxylic acids is 1. The summed E-state index contributed by atoms with van der Waals surface area (Å²) >= 11 is 1.60. The van der Waals surface area contributed by atoms with Gasteiger partial charge in [-0.05, 0) is 48.2 Å². The zero-order valence-electron chi connectivity index (χ0n) is 16.7. The molecule has 0 atom stereocenters. The molecule has 0 aliphatic carbocycles. The van der Waals surface area contributed by atoms with Gasteiger partial charge in [-0.25, -0.2) is 9.78 Å². The summed E-state index contributed by atoms with van der Waals surface area (Å²) in [6.07, 6.45) is 1.45. The van der Waals surface area contributed by atoms with Crippen molar-refractivity contribution < 1.29 is 14.3 Å². The normalized spacial score (nSPS) is 11.8. The highest BCUT2D eigenvalue weighted by Gasteiger charge is 2.19. The fraction of sp³-hybridized carbons (Fsp3) is 0.250. The molecule has 2 heterocycles. The van der Waals surface area contributed by atoms with Crippen LogP contribution in [0.1, 0.15) is 48.0 Å². The molecule has 0 saturated heterocycles. The number of benzene rings is 2. The first kappa shape index (κ1) is 19.4. The van der Waals surface area contributed by atoms with Gasteiger partial charge in [0.05, 0.1) is 11.3 Å². The first-order chi connectivity index (χ1) is 13.8. The van der Waals surface area contributed by atoms with Gasteiger partial charge in [0.25, 0.3) is 0 Å². The molecule has 0 radical (unpaired) electrons. The highest BCUT2D eigenvalue weighted by Crippen LogP contribution is 2.33. The third kappa shape index (κ3) is 4.10. The Morgan fingerprint density at radius 1 is 1.10 bits per heavy atom. The third-order valence-corrected chi connectivity index (χ3v) is 5.85. The molecular formula is C24H23NO3S. The Bertz CT molecular complexity index is 1180. The summed E-state index contributed by atoms with van der Waals surface area (Å²) in [5.41, 5.74) is 4.29. The summed E-state index contributed by atoms with van der Waals surface area (Å²) < 4.78 is 6.02. The van der Waals surface area contributed by atoms with Crippen LogP contribution in [0.25, 0.3) is 21.7 Å². The Balaban J connectivity index is 1.56. The van der Waals surface area contributed by atoms with E-state index in [-0.39, 0.29) is 5.41 Å². The van der Waals surface area contributed by atoms with Crippen LogP contribution < -0.4 is 0 Å². The van der Waals surface area contributed by atoms with E-state index in [1.54, 1.807) is 23.5 Å². The van der Waals surface area contributed by atoms with Gasteiger partial charge in [-0.2, -0.15) is 0 Å². The number of carbonyl (C=O) groups is 1. The summed E-state index contributed by atoms with van der Waals surface area (Å²) in [5, 5.41) is 13.4. The van der Waals surface area contributed by atoms with Gasteiger partial charge in [0, 0.05) is 16.2 Å². The zero-order valence-corrected chi connectivity index (χ0v) is 17.5. The van der Waals surface area contributed by atoms with Gasteiger partial charge in [0.15, 0.2) is 10.8 Å². The number of aromatic nitrogens is 1. The van der Waals surface area contributed by atoms with Crippen LogP contribution >= 0.6 is 11.3 Å². The molecule has 0 unspecified atom stereocenters. The van der Waals surface area contributed by atoms with Crippen LogP contribution in [-0.2, 0) is 18.3 Å². The molecule has 0 amide bonds. The van der Waals surface area contributed by atoms with Crippen LogP contribution in [0.4, 0.5) is 0 Å². The van der Waals surface area contributed by atoms with Gasteiger partial charge in [-0.3, -0.25) is 0 Å². The molecule has 148 valence electrons. The number of aryl methyl sites for hydroxylation is 2. The molecule has 0 fully saturated rings. The van der Waals surface area contributed by atoms with E-state index in [4.69, 9.17) is 9.40 Å². The lowest BCUT2D eigenvalue weighted by Gasteiger charge is -2.13. The van der Waals surface area contributed by atoms with Gasteiger partial charge >= 0.3 is 5.97 Å². The molecule has 2 aromatic heterocycles. The minimum Gasteiger partial charge on any atom is -0.478 e. The number of thiazole rings is 1. The average molecular weight is 406 g/mol. The molecule has 0 aliphatic heterocycles. The number of hydrogen-bond donors (Lipinski definition) is 1. The number of fused-ring (bicyclic) bond motifs is 1. The van der Waals surface area contributed by atoms with Crippen molar-refractivity contribution in [1.29, 1.82) is 0 Å². The van der Waals surface area contributed by atoms with Gasteiger partial charge in [-0.15, -0.1) is 11.3 Å². The second-order valence-electron chi connectivity index (χ2n) is 8.23. The van der Waals surface area contributed by atoms with Crippen molar-refractivity contribution in [3.8, 4) is 10.8 Å². The Morgan fingerprint density at radius 2 is 1.90 bits per heavy atom. The van der Waals surface area contributed by atoms with Gasteiger partial charge < -0.3 is 9.52 Å².